The molecule has 0 radical (unpaired) electrons. The zero-order chi connectivity index (χ0) is 63.9. The molecule has 8 rings (SSSR count). The van der Waals surface area contributed by atoms with Gasteiger partial charge in [-0.2, -0.15) is 0 Å². The molecule has 0 bridgehead atoms. The van der Waals surface area contributed by atoms with Crippen molar-refractivity contribution in [1.29, 1.82) is 0 Å². The van der Waals surface area contributed by atoms with Crippen molar-refractivity contribution in [3.05, 3.63) is 120 Å². The summed E-state index contributed by atoms with van der Waals surface area (Å²) in [4.78, 5) is 165. The van der Waals surface area contributed by atoms with Gasteiger partial charge in [-0.05, 0) is 79.5 Å². The molecule has 2 saturated heterocycles. The molecule has 28 nitrogen and oxygen atoms in total. The number of carboxylic acids is 1. The van der Waals surface area contributed by atoms with Crippen LogP contribution in [0, 0.1) is 5.92 Å². The van der Waals surface area contributed by atoms with E-state index in [1.807, 2.05) is 32.0 Å². The van der Waals surface area contributed by atoms with Gasteiger partial charge < -0.3 is 83.0 Å². The molecule has 89 heavy (non-hydrogen) atoms. The van der Waals surface area contributed by atoms with Gasteiger partial charge in [0.05, 0.1) is 12.9 Å². The first-order chi connectivity index (χ1) is 42.6. The topological polar surface area (TPSA) is 420 Å². The van der Waals surface area contributed by atoms with E-state index >= 15 is 0 Å². The summed E-state index contributed by atoms with van der Waals surface area (Å²) in [5.74, 6) is -9.16. The number of rotatable bonds is 29. The van der Waals surface area contributed by atoms with E-state index in [1.54, 1.807) is 42.7 Å². The number of aromatic hydroxyl groups is 1. The summed E-state index contributed by atoms with van der Waals surface area (Å²) in [5.41, 5.74) is 3.49. The number of carboxylic acid groups (broad SMARTS) is 1. The summed E-state index contributed by atoms with van der Waals surface area (Å²) in [5, 5.41) is 54.9. The number of amides is 10. The van der Waals surface area contributed by atoms with Crippen molar-refractivity contribution < 1.29 is 68.1 Å². The summed E-state index contributed by atoms with van der Waals surface area (Å²) < 4.78 is 0. The van der Waals surface area contributed by atoms with Crippen LogP contribution in [0.2, 0.25) is 0 Å². The van der Waals surface area contributed by atoms with Crippen LogP contribution in [0.25, 0.3) is 21.8 Å². The number of carbonyl (C=O) groups is 11. The molecule has 2 fully saturated rings. The second-order valence-electron chi connectivity index (χ2n) is 22.6. The van der Waals surface area contributed by atoms with Crippen molar-refractivity contribution in [1.82, 2.24) is 72.7 Å². The number of nitrogens with one attached hydrogen (secondary N) is 12. The number of aromatic amines is 3. The Labute approximate surface area is 510 Å². The number of phenols is 1. The Morgan fingerprint density at radius 1 is 0.618 bits per heavy atom. The number of imidazole rings is 1. The van der Waals surface area contributed by atoms with Crippen molar-refractivity contribution in [2.24, 2.45) is 5.92 Å². The molecule has 6 aromatic rings. The molecule has 5 heterocycles. The predicted octanol–water partition coefficient (Wildman–Crippen LogP) is -0.729. The van der Waals surface area contributed by atoms with Gasteiger partial charge >= 0.3 is 5.97 Å². The smallest absolute Gasteiger partial charge is 0.322 e. The minimum atomic E-state index is -1.77. The summed E-state index contributed by atoms with van der Waals surface area (Å²) in [6.07, 6.45) is 6.61. The van der Waals surface area contributed by atoms with E-state index in [4.69, 9.17) is 5.11 Å². The van der Waals surface area contributed by atoms with E-state index in [1.165, 1.54) is 48.6 Å². The molecular weight excluding hydrogens is 1150 g/mol. The van der Waals surface area contributed by atoms with Crippen LogP contribution in [-0.2, 0) is 78.4 Å². The Morgan fingerprint density at radius 2 is 1.16 bits per heavy atom. The highest BCUT2D eigenvalue weighted by Crippen LogP contribution is 2.24. The average Bonchev–Trinajstić information content (AvgIpc) is 2.63. The molecule has 9 atom stereocenters. The SMILES string of the molecule is CC(C)C[C@H](NC(=O)[C@H](Cc1c[nH]c2ccccc12)NC(=O)[C@@H](C)NC(=O)[C@H](Cc1ccc(O)cc1)NC(=O)[C@H](CO)NC(=O)[C@H](Cc1c[nH]c2ccccc12)NC(=O)[C@H](Cc1cnc[nH]1)NC(=O)[C@@H]1CCC(=O)N1)C(=O)N1CCC[C@H]1C(=O)NCC(=O)O. The Morgan fingerprint density at radius 3 is 1.71 bits per heavy atom. The lowest BCUT2D eigenvalue weighted by molar-refractivity contribution is -0.143. The average molecular weight is 1230 g/mol. The van der Waals surface area contributed by atoms with Crippen LogP contribution >= 0.6 is 0 Å². The quantitative estimate of drug-likeness (QED) is 0.0275. The number of fused-ring (bicyclic) bond motifs is 2. The monoisotopic (exact) mass is 1230 g/mol. The highest BCUT2D eigenvalue weighted by atomic mass is 16.4. The lowest BCUT2D eigenvalue weighted by Gasteiger charge is -2.30. The van der Waals surface area contributed by atoms with Crippen molar-refractivity contribution >= 4 is 86.8 Å². The zero-order valence-corrected chi connectivity index (χ0v) is 49.2. The Kier molecular flexibility index (Phi) is 21.9. The minimum absolute atomic E-state index is 0.106. The molecule has 28 heteroatoms. The summed E-state index contributed by atoms with van der Waals surface area (Å²) in [6, 6.07) is 8.07. The predicted molar refractivity (Wildman–Crippen MR) is 320 cm³/mol. The molecule has 3 aromatic carbocycles. The number of phenolic OH excluding ortho intramolecular Hbond substituents is 1. The van der Waals surface area contributed by atoms with Gasteiger partial charge in [0.1, 0.15) is 66.7 Å². The second-order valence-corrected chi connectivity index (χ2v) is 22.6. The van der Waals surface area contributed by atoms with Crippen LogP contribution in [0.15, 0.2) is 97.7 Å². The first kappa shape index (κ1) is 64.9. The zero-order valence-electron chi connectivity index (χ0n) is 49.2. The van der Waals surface area contributed by atoms with Crippen molar-refractivity contribution in [2.75, 3.05) is 19.7 Å². The van der Waals surface area contributed by atoms with Crippen LogP contribution in [0.1, 0.15) is 75.3 Å². The van der Waals surface area contributed by atoms with Gasteiger partial charge in [-0.3, -0.25) is 52.7 Å². The number of likely N-dealkylation sites (tertiary alicyclic amines) is 1. The number of H-pyrrole nitrogens is 3. The minimum Gasteiger partial charge on any atom is -0.508 e. The lowest BCUT2D eigenvalue weighted by atomic mass is 10.00. The van der Waals surface area contributed by atoms with Crippen molar-refractivity contribution in [2.45, 2.75) is 133 Å². The summed E-state index contributed by atoms with van der Waals surface area (Å²) in [7, 11) is 0. The first-order valence-corrected chi connectivity index (χ1v) is 29.3. The van der Waals surface area contributed by atoms with E-state index in [0.29, 0.717) is 39.7 Å². The van der Waals surface area contributed by atoms with Gasteiger partial charge in [-0.1, -0.05) is 62.4 Å². The highest BCUT2D eigenvalue weighted by Gasteiger charge is 2.40. The number of hydrogen-bond acceptors (Lipinski definition) is 14. The van der Waals surface area contributed by atoms with Crippen LogP contribution in [-0.4, -0.2) is 179 Å². The third kappa shape index (κ3) is 17.3. The maximum absolute atomic E-state index is 14.6. The molecule has 3 aromatic heterocycles. The normalized spacial score (nSPS) is 17.0. The second kappa shape index (κ2) is 30.0. The van der Waals surface area contributed by atoms with Crippen LogP contribution < -0.4 is 47.9 Å². The van der Waals surface area contributed by atoms with Crippen LogP contribution in [0.5, 0.6) is 5.75 Å². The molecule has 0 spiro atoms. The Balaban J connectivity index is 0.996. The maximum Gasteiger partial charge on any atom is 0.322 e. The molecule has 15 N–H and O–H groups in total. The fourth-order valence-electron chi connectivity index (χ4n) is 10.9. The summed E-state index contributed by atoms with van der Waals surface area (Å²) in [6.45, 7) is 3.49. The lowest BCUT2D eigenvalue weighted by Crippen LogP contribution is -2.61. The molecule has 472 valence electrons. The number of aliphatic hydroxyl groups is 1. The first-order valence-electron chi connectivity index (χ1n) is 29.3. The van der Waals surface area contributed by atoms with Crippen molar-refractivity contribution in [3.8, 4) is 5.75 Å². The third-order valence-corrected chi connectivity index (χ3v) is 15.5. The largest absolute Gasteiger partial charge is 0.508 e. The molecule has 0 saturated carbocycles. The number of nitrogens with zero attached hydrogens (tertiary/aromatic N) is 2. The fraction of sp³-hybridized carbons (Fsp3) is 0.410. The van der Waals surface area contributed by atoms with Gasteiger partial charge in [-0.15, -0.1) is 0 Å². The van der Waals surface area contributed by atoms with Crippen LogP contribution in [0.3, 0.4) is 0 Å². The van der Waals surface area contributed by atoms with E-state index < -0.39 is 127 Å². The number of carbonyl (C=O) groups excluding carboxylic acids is 10. The Hall–Kier alpha value is -10.1. The standard InChI is InChI=1S/C61H74N14O14/c1-32(2)21-48(61(89)75-20-8-13-50(75)60(88)65-29-52(79)80)73-56(84)45(23-35-26-63-41-11-6-4-9-39(35)41)69-53(81)33(3)67-55(83)44(22-34-14-16-38(77)17-15-34)70-59(87)49(30-76)74-57(85)46(24-36-27-64-42-12-7-5-10-40(36)42)71-58(86)47(25-37-28-62-31-66-37)72-54(82)43-18-19-51(78)68-43/h4-7,9-12,14-17,26-28,31-33,43-50,63-64,76-77H,8,13,18-25,29-30H2,1-3H3,(H,62,66)(H,65,88)(H,67,83)(H,68,78)(H,69,81)(H,70,87)(H,71,86)(H,72,82)(H,73,84)(H,74,85)(H,79,80)/t33-,43+,44+,45+,46+,47+,48+,49+,50+/m1/s1. The van der Waals surface area contributed by atoms with Gasteiger partial charge in [0.25, 0.3) is 0 Å². The Bertz CT molecular complexity index is 3550. The number of aromatic nitrogens is 4. The van der Waals surface area contributed by atoms with E-state index in [9.17, 15) is 63.0 Å². The number of hydrogen-bond donors (Lipinski definition) is 15. The van der Waals surface area contributed by atoms with Crippen LogP contribution in [0.4, 0.5) is 0 Å². The fourth-order valence-corrected chi connectivity index (χ4v) is 10.9. The third-order valence-electron chi connectivity index (χ3n) is 15.5. The molecule has 2 aliphatic heterocycles. The molecule has 10 amide bonds. The van der Waals surface area contributed by atoms with Gasteiger partial charge in [-0.25, -0.2) is 4.98 Å². The molecule has 0 unspecified atom stereocenters. The number of benzene rings is 3. The maximum atomic E-state index is 14.6. The summed E-state index contributed by atoms with van der Waals surface area (Å²) >= 11 is 0. The van der Waals surface area contributed by atoms with E-state index in [-0.39, 0.29) is 75.5 Å². The molecule has 2 aliphatic rings. The van der Waals surface area contributed by atoms with Gasteiger partial charge in [0, 0.05) is 84.7 Å². The van der Waals surface area contributed by atoms with Gasteiger partial charge in [0.2, 0.25) is 59.1 Å². The van der Waals surface area contributed by atoms with E-state index in [0.717, 1.165) is 10.9 Å². The molecule has 0 aliphatic carbocycles. The highest BCUT2D eigenvalue weighted by molar-refractivity contribution is 6.00. The van der Waals surface area contributed by atoms with Crippen molar-refractivity contribution in [3.63, 3.8) is 0 Å². The number of aliphatic hydroxyl groups excluding tert-OH is 1. The van der Waals surface area contributed by atoms with Gasteiger partial charge in [0.15, 0.2) is 0 Å². The molecular formula is C61H74N14O14. The number of aliphatic carboxylic acids is 1. The van der Waals surface area contributed by atoms with E-state index in [2.05, 4.69) is 67.8 Å². The number of para-hydroxylation sites is 2.